The third-order valence-electron chi connectivity index (χ3n) is 3.98. The SMILES string of the molecule is O=C(CC1CCCCC1)NCCSCc1ccccc1F. The standard InChI is InChI=1S/C17H24FNOS/c18-16-9-5-4-8-15(16)13-21-11-10-19-17(20)12-14-6-2-1-3-7-14/h4-5,8-9,14H,1-3,6-7,10-13H2,(H,19,20). The molecule has 116 valence electrons. The van der Waals surface area contributed by atoms with Crippen molar-refractivity contribution in [3.05, 3.63) is 35.6 Å². The zero-order chi connectivity index (χ0) is 14.9. The number of carbonyl (C=O) groups is 1. The lowest BCUT2D eigenvalue weighted by Gasteiger charge is -2.20. The Morgan fingerprint density at radius 1 is 1.24 bits per heavy atom. The van der Waals surface area contributed by atoms with Gasteiger partial charge in [0.25, 0.3) is 0 Å². The highest BCUT2D eigenvalue weighted by atomic mass is 32.2. The van der Waals surface area contributed by atoms with E-state index in [2.05, 4.69) is 5.32 Å². The Hall–Kier alpha value is -1.03. The van der Waals surface area contributed by atoms with Crippen LogP contribution in [0.15, 0.2) is 24.3 Å². The van der Waals surface area contributed by atoms with Crippen LogP contribution < -0.4 is 5.32 Å². The van der Waals surface area contributed by atoms with Gasteiger partial charge in [0.2, 0.25) is 5.91 Å². The second-order valence-electron chi connectivity index (χ2n) is 5.70. The number of hydrogen-bond acceptors (Lipinski definition) is 2. The average molecular weight is 309 g/mol. The minimum atomic E-state index is -0.147. The molecule has 0 unspecified atom stereocenters. The van der Waals surface area contributed by atoms with Crippen LogP contribution >= 0.6 is 11.8 Å². The minimum Gasteiger partial charge on any atom is -0.355 e. The molecule has 1 aliphatic carbocycles. The number of nitrogens with one attached hydrogen (secondary N) is 1. The highest BCUT2D eigenvalue weighted by Crippen LogP contribution is 2.26. The van der Waals surface area contributed by atoms with E-state index in [0.29, 0.717) is 24.6 Å². The van der Waals surface area contributed by atoms with Crippen molar-refractivity contribution in [2.24, 2.45) is 5.92 Å². The van der Waals surface area contributed by atoms with E-state index in [4.69, 9.17) is 0 Å². The lowest BCUT2D eigenvalue weighted by Crippen LogP contribution is -2.28. The van der Waals surface area contributed by atoms with Gasteiger partial charge in [0.05, 0.1) is 0 Å². The van der Waals surface area contributed by atoms with Crippen molar-refractivity contribution in [1.29, 1.82) is 0 Å². The first-order valence-electron chi connectivity index (χ1n) is 7.83. The zero-order valence-electron chi connectivity index (χ0n) is 12.4. The monoisotopic (exact) mass is 309 g/mol. The molecule has 0 saturated heterocycles. The van der Waals surface area contributed by atoms with Gasteiger partial charge in [-0.25, -0.2) is 4.39 Å². The third kappa shape index (κ3) is 6.08. The molecule has 0 atom stereocenters. The molecule has 1 aromatic carbocycles. The number of halogens is 1. The predicted molar refractivity (Wildman–Crippen MR) is 86.8 cm³/mol. The molecule has 2 rings (SSSR count). The molecule has 0 radical (unpaired) electrons. The van der Waals surface area contributed by atoms with Gasteiger partial charge in [0.1, 0.15) is 5.82 Å². The number of hydrogen-bond donors (Lipinski definition) is 1. The first-order valence-corrected chi connectivity index (χ1v) is 8.99. The normalized spacial score (nSPS) is 15.9. The first-order chi connectivity index (χ1) is 10.3. The van der Waals surface area contributed by atoms with Crippen LogP contribution in [0.4, 0.5) is 4.39 Å². The number of amides is 1. The Labute approximate surface area is 130 Å². The summed E-state index contributed by atoms with van der Waals surface area (Å²) in [6.45, 7) is 0.671. The molecule has 0 aliphatic heterocycles. The predicted octanol–water partition coefficient (Wildman–Crippen LogP) is 4.15. The molecule has 0 aromatic heterocycles. The van der Waals surface area contributed by atoms with Gasteiger partial charge in [-0.3, -0.25) is 4.79 Å². The number of carbonyl (C=O) groups excluding carboxylic acids is 1. The molecule has 1 aliphatic rings. The van der Waals surface area contributed by atoms with E-state index in [1.54, 1.807) is 17.8 Å². The Balaban J connectivity index is 1.55. The fraction of sp³-hybridized carbons (Fsp3) is 0.588. The Morgan fingerprint density at radius 3 is 2.76 bits per heavy atom. The van der Waals surface area contributed by atoms with E-state index in [0.717, 1.165) is 11.3 Å². The highest BCUT2D eigenvalue weighted by molar-refractivity contribution is 7.98. The summed E-state index contributed by atoms with van der Waals surface area (Å²) < 4.78 is 13.4. The van der Waals surface area contributed by atoms with Crippen molar-refractivity contribution in [3.8, 4) is 0 Å². The van der Waals surface area contributed by atoms with E-state index in [1.807, 2.05) is 12.1 Å². The maximum absolute atomic E-state index is 13.4. The second-order valence-corrected chi connectivity index (χ2v) is 6.81. The summed E-state index contributed by atoms with van der Waals surface area (Å²) in [7, 11) is 0. The maximum atomic E-state index is 13.4. The van der Waals surface area contributed by atoms with Crippen molar-refractivity contribution >= 4 is 17.7 Å². The summed E-state index contributed by atoms with van der Waals surface area (Å²) in [6.07, 6.45) is 6.96. The second kappa shape index (κ2) is 9.08. The molecule has 21 heavy (non-hydrogen) atoms. The fourth-order valence-electron chi connectivity index (χ4n) is 2.79. The summed E-state index contributed by atoms with van der Waals surface area (Å²) in [4.78, 5) is 11.8. The van der Waals surface area contributed by atoms with Gasteiger partial charge in [0, 0.05) is 24.5 Å². The summed E-state index contributed by atoms with van der Waals surface area (Å²) >= 11 is 1.65. The Bertz CT molecular complexity index is 446. The maximum Gasteiger partial charge on any atom is 0.220 e. The molecule has 1 fully saturated rings. The molecular weight excluding hydrogens is 285 g/mol. The molecule has 1 N–H and O–H groups in total. The molecule has 0 spiro atoms. The smallest absolute Gasteiger partial charge is 0.220 e. The average Bonchev–Trinajstić information content (AvgIpc) is 2.50. The van der Waals surface area contributed by atoms with Crippen LogP contribution in [0.3, 0.4) is 0 Å². The summed E-state index contributed by atoms with van der Waals surface area (Å²) in [6, 6.07) is 6.85. The topological polar surface area (TPSA) is 29.1 Å². The van der Waals surface area contributed by atoms with Crippen LogP contribution in [0.2, 0.25) is 0 Å². The molecule has 2 nitrogen and oxygen atoms in total. The first kappa shape index (κ1) is 16.3. The van der Waals surface area contributed by atoms with E-state index in [1.165, 1.54) is 38.2 Å². The van der Waals surface area contributed by atoms with Gasteiger partial charge in [-0.15, -0.1) is 0 Å². The van der Waals surface area contributed by atoms with Crippen molar-refractivity contribution in [2.45, 2.75) is 44.3 Å². The number of rotatable bonds is 7. The molecular formula is C17H24FNOS. The van der Waals surface area contributed by atoms with Crippen LogP contribution in [0.25, 0.3) is 0 Å². The van der Waals surface area contributed by atoms with Gasteiger partial charge in [-0.05, 0) is 30.4 Å². The highest BCUT2D eigenvalue weighted by Gasteiger charge is 2.16. The van der Waals surface area contributed by atoms with Crippen LogP contribution in [0.5, 0.6) is 0 Å². The van der Waals surface area contributed by atoms with Gasteiger partial charge in [-0.2, -0.15) is 11.8 Å². The number of thioether (sulfide) groups is 1. The molecule has 1 saturated carbocycles. The Kier molecular flexibility index (Phi) is 7.07. The van der Waals surface area contributed by atoms with Gasteiger partial charge in [0.15, 0.2) is 0 Å². The van der Waals surface area contributed by atoms with E-state index < -0.39 is 0 Å². The van der Waals surface area contributed by atoms with Gasteiger partial charge in [-0.1, -0.05) is 37.5 Å². The summed E-state index contributed by atoms with van der Waals surface area (Å²) in [5.41, 5.74) is 0.732. The third-order valence-corrected chi connectivity index (χ3v) is 4.99. The van der Waals surface area contributed by atoms with Crippen LogP contribution in [-0.2, 0) is 10.5 Å². The molecule has 0 bridgehead atoms. The van der Waals surface area contributed by atoms with E-state index in [9.17, 15) is 9.18 Å². The lowest BCUT2D eigenvalue weighted by molar-refractivity contribution is -0.122. The van der Waals surface area contributed by atoms with Crippen LogP contribution in [0.1, 0.15) is 44.1 Å². The zero-order valence-corrected chi connectivity index (χ0v) is 13.3. The van der Waals surface area contributed by atoms with Crippen molar-refractivity contribution in [2.75, 3.05) is 12.3 Å². The summed E-state index contributed by atoms with van der Waals surface area (Å²) in [5.74, 6) is 2.10. The van der Waals surface area contributed by atoms with Crippen LogP contribution in [-0.4, -0.2) is 18.2 Å². The van der Waals surface area contributed by atoms with Crippen molar-refractivity contribution in [1.82, 2.24) is 5.32 Å². The van der Waals surface area contributed by atoms with Gasteiger partial charge < -0.3 is 5.32 Å². The van der Waals surface area contributed by atoms with Crippen molar-refractivity contribution in [3.63, 3.8) is 0 Å². The largest absolute Gasteiger partial charge is 0.355 e. The molecule has 1 amide bonds. The van der Waals surface area contributed by atoms with E-state index >= 15 is 0 Å². The van der Waals surface area contributed by atoms with Crippen LogP contribution in [0, 0.1) is 11.7 Å². The van der Waals surface area contributed by atoms with Gasteiger partial charge >= 0.3 is 0 Å². The quantitative estimate of drug-likeness (QED) is 0.767. The minimum absolute atomic E-state index is 0.147. The summed E-state index contributed by atoms with van der Waals surface area (Å²) in [5, 5.41) is 2.98. The number of benzene rings is 1. The van der Waals surface area contributed by atoms with E-state index in [-0.39, 0.29) is 11.7 Å². The fourth-order valence-corrected chi connectivity index (χ4v) is 3.63. The molecule has 1 aromatic rings. The lowest BCUT2D eigenvalue weighted by atomic mass is 9.87. The Morgan fingerprint density at radius 2 is 2.00 bits per heavy atom. The molecule has 0 heterocycles. The molecule has 4 heteroatoms. The van der Waals surface area contributed by atoms with Crippen molar-refractivity contribution < 1.29 is 9.18 Å².